The van der Waals surface area contributed by atoms with E-state index in [0.717, 1.165) is 5.01 Å². The standard InChI is InChI=1S/C9H9ClN4OS/c1-14-9(15)8(10)6(4-13-14)12-5-7-11-2-3-16-7/h2-4,12H,5H2,1H3. The summed E-state index contributed by atoms with van der Waals surface area (Å²) in [6, 6.07) is 0. The largest absolute Gasteiger partial charge is 0.376 e. The summed E-state index contributed by atoms with van der Waals surface area (Å²) < 4.78 is 1.19. The van der Waals surface area contributed by atoms with Crippen LogP contribution in [-0.2, 0) is 13.6 Å². The number of anilines is 1. The number of halogens is 1. The molecule has 16 heavy (non-hydrogen) atoms. The SMILES string of the molecule is Cn1ncc(NCc2nccs2)c(Cl)c1=O. The molecule has 0 fully saturated rings. The van der Waals surface area contributed by atoms with Crippen molar-refractivity contribution in [3.63, 3.8) is 0 Å². The first-order valence-corrected chi connectivity index (χ1v) is 5.78. The van der Waals surface area contributed by atoms with E-state index in [1.165, 1.54) is 22.2 Å². The predicted molar refractivity (Wildman–Crippen MR) is 63.9 cm³/mol. The molecule has 2 aromatic heterocycles. The van der Waals surface area contributed by atoms with Gasteiger partial charge in [-0.25, -0.2) is 9.67 Å². The zero-order valence-corrected chi connectivity index (χ0v) is 10.0. The van der Waals surface area contributed by atoms with E-state index in [9.17, 15) is 4.79 Å². The average Bonchev–Trinajstić information content (AvgIpc) is 2.78. The van der Waals surface area contributed by atoms with Crippen molar-refractivity contribution in [2.24, 2.45) is 7.05 Å². The summed E-state index contributed by atoms with van der Waals surface area (Å²) in [6.07, 6.45) is 3.25. The van der Waals surface area contributed by atoms with Crippen molar-refractivity contribution >= 4 is 28.6 Å². The van der Waals surface area contributed by atoms with Gasteiger partial charge in [-0.3, -0.25) is 4.79 Å². The molecule has 0 atom stereocenters. The van der Waals surface area contributed by atoms with Crippen molar-refractivity contribution in [3.8, 4) is 0 Å². The Kier molecular flexibility index (Phi) is 3.21. The Balaban J connectivity index is 2.16. The highest BCUT2D eigenvalue weighted by Gasteiger charge is 2.07. The molecule has 0 aliphatic rings. The summed E-state index contributed by atoms with van der Waals surface area (Å²) >= 11 is 7.42. The summed E-state index contributed by atoms with van der Waals surface area (Å²) in [7, 11) is 1.55. The molecule has 0 aliphatic heterocycles. The Morgan fingerprint density at radius 3 is 3.12 bits per heavy atom. The second-order valence-corrected chi connectivity index (χ2v) is 4.44. The van der Waals surface area contributed by atoms with Crippen LogP contribution in [0.25, 0.3) is 0 Å². The average molecular weight is 257 g/mol. The number of rotatable bonds is 3. The molecule has 1 N–H and O–H groups in total. The van der Waals surface area contributed by atoms with Crippen LogP contribution in [0.4, 0.5) is 5.69 Å². The van der Waals surface area contributed by atoms with Gasteiger partial charge in [0.1, 0.15) is 10.0 Å². The van der Waals surface area contributed by atoms with Crippen molar-refractivity contribution in [2.45, 2.75) is 6.54 Å². The fourth-order valence-electron chi connectivity index (χ4n) is 1.15. The Hall–Kier alpha value is -1.40. The van der Waals surface area contributed by atoms with Crippen LogP contribution in [0.15, 0.2) is 22.6 Å². The van der Waals surface area contributed by atoms with Crippen LogP contribution in [0, 0.1) is 0 Å². The number of hydrogen-bond acceptors (Lipinski definition) is 5. The molecule has 0 spiro atoms. The molecule has 2 heterocycles. The molecule has 0 bridgehead atoms. The Morgan fingerprint density at radius 1 is 1.62 bits per heavy atom. The highest BCUT2D eigenvalue weighted by atomic mass is 35.5. The lowest BCUT2D eigenvalue weighted by Crippen LogP contribution is -2.21. The van der Waals surface area contributed by atoms with E-state index in [1.54, 1.807) is 13.2 Å². The zero-order chi connectivity index (χ0) is 11.5. The molecule has 0 aromatic carbocycles. The van der Waals surface area contributed by atoms with E-state index >= 15 is 0 Å². The first-order chi connectivity index (χ1) is 7.68. The lowest BCUT2D eigenvalue weighted by Gasteiger charge is -2.06. The Morgan fingerprint density at radius 2 is 2.44 bits per heavy atom. The van der Waals surface area contributed by atoms with Gasteiger partial charge in [-0.05, 0) is 0 Å². The number of aryl methyl sites for hydroxylation is 1. The van der Waals surface area contributed by atoms with Gasteiger partial charge in [0.25, 0.3) is 5.56 Å². The lowest BCUT2D eigenvalue weighted by atomic mass is 10.4. The van der Waals surface area contributed by atoms with Gasteiger partial charge in [0.2, 0.25) is 0 Å². The first kappa shape index (κ1) is 11.1. The van der Waals surface area contributed by atoms with Crippen LogP contribution in [-0.4, -0.2) is 14.8 Å². The minimum atomic E-state index is -0.314. The normalized spacial score (nSPS) is 10.4. The van der Waals surface area contributed by atoms with Crippen LogP contribution < -0.4 is 10.9 Å². The number of nitrogens with zero attached hydrogens (tertiary/aromatic N) is 3. The minimum Gasteiger partial charge on any atom is -0.376 e. The van der Waals surface area contributed by atoms with Crippen LogP contribution in [0.3, 0.4) is 0 Å². The summed E-state index contributed by atoms with van der Waals surface area (Å²) in [4.78, 5) is 15.6. The molecule has 84 valence electrons. The summed E-state index contributed by atoms with van der Waals surface area (Å²) in [6.45, 7) is 0.534. The van der Waals surface area contributed by atoms with E-state index in [0.29, 0.717) is 12.2 Å². The summed E-state index contributed by atoms with van der Waals surface area (Å²) in [5, 5.41) is 9.87. The topological polar surface area (TPSA) is 59.8 Å². The van der Waals surface area contributed by atoms with Gasteiger partial charge < -0.3 is 5.32 Å². The van der Waals surface area contributed by atoms with Crippen LogP contribution in [0.5, 0.6) is 0 Å². The molecule has 5 nitrogen and oxygen atoms in total. The number of nitrogens with one attached hydrogen (secondary N) is 1. The molecule has 2 aromatic rings. The molecule has 0 radical (unpaired) electrons. The smallest absolute Gasteiger partial charge is 0.287 e. The van der Waals surface area contributed by atoms with Gasteiger partial charge in [0, 0.05) is 18.6 Å². The van der Waals surface area contributed by atoms with Gasteiger partial charge in [-0.15, -0.1) is 11.3 Å². The zero-order valence-electron chi connectivity index (χ0n) is 8.48. The van der Waals surface area contributed by atoms with E-state index in [2.05, 4.69) is 15.4 Å². The van der Waals surface area contributed by atoms with E-state index < -0.39 is 0 Å². The molecule has 2 rings (SSSR count). The summed E-state index contributed by atoms with van der Waals surface area (Å²) in [5.41, 5.74) is 0.214. The van der Waals surface area contributed by atoms with Crippen LogP contribution in [0.1, 0.15) is 5.01 Å². The third-order valence-electron chi connectivity index (χ3n) is 1.99. The predicted octanol–water partition coefficient (Wildman–Crippen LogP) is 1.50. The van der Waals surface area contributed by atoms with Gasteiger partial charge in [-0.1, -0.05) is 11.6 Å². The molecule has 0 saturated carbocycles. The maximum Gasteiger partial charge on any atom is 0.287 e. The van der Waals surface area contributed by atoms with Crippen LogP contribution >= 0.6 is 22.9 Å². The lowest BCUT2D eigenvalue weighted by molar-refractivity contribution is 0.708. The van der Waals surface area contributed by atoms with E-state index in [4.69, 9.17) is 11.6 Å². The van der Waals surface area contributed by atoms with Crippen molar-refractivity contribution in [1.82, 2.24) is 14.8 Å². The van der Waals surface area contributed by atoms with Crippen molar-refractivity contribution in [3.05, 3.63) is 38.2 Å². The molecule has 0 unspecified atom stereocenters. The molecular formula is C9H9ClN4OS. The third-order valence-corrected chi connectivity index (χ3v) is 3.14. The van der Waals surface area contributed by atoms with Crippen LogP contribution in [0.2, 0.25) is 5.02 Å². The van der Waals surface area contributed by atoms with Crippen molar-refractivity contribution < 1.29 is 0 Å². The van der Waals surface area contributed by atoms with Crippen molar-refractivity contribution in [1.29, 1.82) is 0 Å². The number of thiazole rings is 1. The van der Waals surface area contributed by atoms with E-state index in [-0.39, 0.29) is 10.6 Å². The third kappa shape index (κ3) is 2.23. The fourth-order valence-corrected chi connectivity index (χ4v) is 1.94. The quantitative estimate of drug-likeness (QED) is 0.904. The second kappa shape index (κ2) is 4.63. The molecule has 0 saturated heterocycles. The maximum absolute atomic E-state index is 11.5. The molecule has 0 aliphatic carbocycles. The molecular weight excluding hydrogens is 248 g/mol. The van der Waals surface area contributed by atoms with Gasteiger partial charge in [0.05, 0.1) is 18.4 Å². The Labute approximate surface area is 101 Å². The van der Waals surface area contributed by atoms with Gasteiger partial charge in [0.15, 0.2) is 0 Å². The van der Waals surface area contributed by atoms with E-state index in [1.807, 2.05) is 5.38 Å². The highest BCUT2D eigenvalue weighted by Crippen LogP contribution is 2.16. The molecule has 0 amide bonds. The Bertz CT molecular complexity index is 537. The summed E-state index contributed by atoms with van der Waals surface area (Å²) in [5.74, 6) is 0. The van der Waals surface area contributed by atoms with Gasteiger partial charge in [-0.2, -0.15) is 5.10 Å². The highest BCUT2D eigenvalue weighted by molar-refractivity contribution is 7.09. The fraction of sp³-hybridized carbons (Fsp3) is 0.222. The maximum atomic E-state index is 11.5. The monoisotopic (exact) mass is 256 g/mol. The molecule has 7 heteroatoms. The minimum absolute atomic E-state index is 0.147. The first-order valence-electron chi connectivity index (χ1n) is 4.52. The van der Waals surface area contributed by atoms with Gasteiger partial charge >= 0.3 is 0 Å². The van der Waals surface area contributed by atoms with Crippen molar-refractivity contribution in [2.75, 3.05) is 5.32 Å². The number of aromatic nitrogens is 3. The number of hydrogen-bond donors (Lipinski definition) is 1. The second-order valence-electron chi connectivity index (χ2n) is 3.08.